The first-order chi connectivity index (χ1) is 13.6. The highest BCUT2D eigenvalue weighted by molar-refractivity contribution is 7.13. The lowest BCUT2D eigenvalue weighted by Gasteiger charge is -2.04. The number of aryl methyl sites for hydroxylation is 1. The predicted molar refractivity (Wildman–Crippen MR) is 105 cm³/mol. The number of ether oxygens (including phenoxy) is 1. The predicted octanol–water partition coefficient (Wildman–Crippen LogP) is 3.19. The summed E-state index contributed by atoms with van der Waals surface area (Å²) in [7, 11) is 0. The molecule has 3 aromatic heterocycles. The number of aromatic amines is 1. The summed E-state index contributed by atoms with van der Waals surface area (Å²) in [5, 5.41) is 4.88. The van der Waals surface area contributed by atoms with E-state index in [0.717, 1.165) is 11.3 Å². The Morgan fingerprint density at radius 1 is 1.25 bits per heavy atom. The van der Waals surface area contributed by atoms with Crippen LogP contribution in [0.2, 0.25) is 0 Å². The molecule has 2 N–H and O–H groups in total. The normalized spacial score (nSPS) is 10.8. The molecule has 9 heteroatoms. The number of fused-ring (bicyclic) bond motifs is 1. The molecule has 3 heterocycles. The number of nitrogens with zero attached hydrogens (tertiary/aromatic N) is 3. The van der Waals surface area contributed by atoms with Crippen molar-refractivity contribution in [3.05, 3.63) is 59.4 Å². The standard InChI is InChI=1S/C19H15N5O3S/c1-11-10-28-19(21-11)24-16(25)9-27-18(26)12-4-5-14-15(7-12)23-17(22-14)13-3-2-6-20-8-13/h2-8,10H,9H2,1H3,(H,22,23)(H,21,24,25). The lowest BCUT2D eigenvalue weighted by Crippen LogP contribution is -2.20. The van der Waals surface area contributed by atoms with Crippen molar-refractivity contribution in [1.29, 1.82) is 0 Å². The van der Waals surface area contributed by atoms with Gasteiger partial charge in [0.15, 0.2) is 11.7 Å². The first-order valence-corrected chi connectivity index (χ1v) is 9.26. The largest absolute Gasteiger partial charge is 0.452 e. The molecular formula is C19H15N5O3S. The molecule has 4 aromatic rings. The van der Waals surface area contributed by atoms with Crippen LogP contribution in [0.15, 0.2) is 48.1 Å². The van der Waals surface area contributed by atoms with Crippen LogP contribution in [0.3, 0.4) is 0 Å². The third-order valence-corrected chi connectivity index (χ3v) is 4.73. The van der Waals surface area contributed by atoms with E-state index in [0.29, 0.717) is 27.6 Å². The number of hydrogen-bond donors (Lipinski definition) is 2. The number of aromatic nitrogens is 4. The maximum absolute atomic E-state index is 12.3. The average molecular weight is 393 g/mol. The van der Waals surface area contributed by atoms with E-state index in [1.165, 1.54) is 11.3 Å². The Morgan fingerprint density at radius 3 is 2.89 bits per heavy atom. The minimum atomic E-state index is -0.593. The van der Waals surface area contributed by atoms with Crippen molar-refractivity contribution >= 4 is 39.4 Å². The summed E-state index contributed by atoms with van der Waals surface area (Å²) in [5.74, 6) is -0.374. The number of carbonyl (C=O) groups is 2. The maximum Gasteiger partial charge on any atom is 0.338 e. The van der Waals surface area contributed by atoms with Crippen LogP contribution in [0.4, 0.5) is 5.13 Å². The fraction of sp³-hybridized carbons (Fsp3) is 0.105. The van der Waals surface area contributed by atoms with Gasteiger partial charge in [0.1, 0.15) is 5.82 Å². The van der Waals surface area contributed by atoms with Gasteiger partial charge in [0.05, 0.1) is 22.3 Å². The van der Waals surface area contributed by atoms with Gasteiger partial charge >= 0.3 is 5.97 Å². The molecule has 0 fully saturated rings. The number of rotatable bonds is 5. The van der Waals surface area contributed by atoms with Crippen LogP contribution >= 0.6 is 11.3 Å². The van der Waals surface area contributed by atoms with Crippen LogP contribution in [0.25, 0.3) is 22.4 Å². The molecule has 0 unspecified atom stereocenters. The average Bonchev–Trinajstić information content (AvgIpc) is 3.32. The van der Waals surface area contributed by atoms with E-state index in [1.807, 2.05) is 24.4 Å². The molecule has 0 saturated heterocycles. The number of imidazole rings is 1. The highest BCUT2D eigenvalue weighted by Crippen LogP contribution is 2.21. The Labute approximate surface area is 163 Å². The second-order valence-electron chi connectivity index (χ2n) is 5.98. The number of esters is 1. The van der Waals surface area contributed by atoms with E-state index in [9.17, 15) is 9.59 Å². The van der Waals surface area contributed by atoms with E-state index in [1.54, 1.807) is 30.6 Å². The summed E-state index contributed by atoms with van der Waals surface area (Å²) in [6, 6.07) is 8.69. The van der Waals surface area contributed by atoms with Gasteiger partial charge in [-0.1, -0.05) is 0 Å². The Balaban J connectivity index is 1.43. The molecule has 0 aliphatic heterocycles. The molecule has 4 rings (SSSR count). The Hall–Kier alpha value is -3.59. The number of nitrogens with one attached hydrogen (secondary N) is 2. The quantitative estimate of drug-likeness (QED) is 0.504. The monoisotopic (exact) mass is 393 g/mol. The molecule has 1 amide bonds. The molecular weight excluding hydrogens is 378 g/mol. The van der Waals surface area contributed by atoms with Gasteiger partial charge < -0.3 is 9.72 Å². The number of amides is 1. The fourth-order valence-corrected chi connectivity index (χ4v) is 3.26. The molecule has 0 saturated carbocycles. The molecule has 8 nitrogen and oxygen atoms in total. The minimum absolute atomic E-state index is 0.326. The molecule has 0 radical (unpaired) electrons. The van der Waals surface area contributed by atoms with Crippen molar-refractivity contribution < 1.29 is 14.3 Å². The third kappa shape index (κ3) is 3.89. The summed E-state index contributed by atoms with van der Waals surface area (Å²) in [5.41, 5.74) is 3.39. The number of carbonyl (C=O) groups excluding carboxylic acids is 2. The van der Waals surface area contributed by atoms with Gasteiger partial charge in [-0.3, -0.25) is 15.1 Å². The molecule has 0 atom stereocenters. The molecule has 0 spiro atoms. The third-order valence-electron chi connectivity index (χ3n) is 3.85. The lowest BCUT2D eigenvalue weighted by molar-refractivity contribution is -0.119. The summed E-state index contributed by atoms with van der Waals surface area (Å²) >= 11 is 1.31. The highest BCUT2D eigenvalue weighted by atomic mass is 32.1. The van der Waals surface area contributed by atoms with E-state index in [2.05, 4.69) is 25.3 Å². The van der Waals surface area contributed by atoms with Crippen LogP contribution < -0.4 is 5.32 Å². The van der Waals surface area contributed by atoms with Gasteiger partial charge in [-0.25, -0.2) is 14.8 Å². The molecule has 0 aliphatic rings. The zero-order chi connectivity index (χ0) is 19.5. The van der Waals surface area contributed by atoms with Crippen LogP contribution in [0.5, 0.6) is 0 Å². The smallest absolute Gasteiger partial charge is 0.338 e. The van der Waals surface area contributed by atoms with Crippen molar-refractivity contribution in [2.75, 3.05) is 11.9 Å². The second-order valence-corrected chi connectivity index (χ2v) is 6.84. The van der Waals surface area contributed by atoms with Crippen LogP contribution in [0.1, 0.15) is 16.1 Å². The summed E-state index contributed by atoms with van der Waals surface area (Å²) in [6.07, 6.45) is 3.39. The van der Waals surface area contributed by atoms with Crippen molar-refractivity contribution in [2.24, 2.45) is 0 Å². The first kappa shape index (κ1) is 17.8. The van der Waals surface area contributed by atoms with Gasteiger partial charge in [-0.2, -0.15) is 0 Å². The maximum atomic E-state index is 12.3. The Morgan fingerprint density at radius 2 is 2.14 bits per heavy atom. The number of hydrogen-bond acceptors (Lipinski definition) is 7. The Bertz CT molecular complexity index is 1150. The number of H-pyrrole nitrogens is 1. The van der Waals surface area contributed by atoms with E-state index >= 15 is 0 Å². The van der Waals surface area contributed by atoms with Crippen molar-refractivity contribution in [2.45, 2.75) is 6.92 Å². The van der Waals surface area contributed by atoms with Gasteiger partial charge in [0, 0.05) is 23.3 Å². The molecule has 0 aliphatic carbocycles. The fourth-order valence-electron chi connectivity index (χ4n) is 2.56. The summed E-state index contributed by atoms with van der Waals surface area (Å²) < 4.78 is 5.09. The SMILES string of the molecule is Cc1csc(NC(=O)COC(=O)c2ccc3nc(-c4cccnc4)[nH]c3c2)n1. The summed E-state index contributed by atoms with van der Waals surface area (Å²) in [6.45, 7) is 1.44. The summed E-state index contributed by atoms with van der Waals surface area (Å²) in [4.78, 5) is 40.0. The van der Waals surface area contributed by atoms with E-state index in [4.69, 9.17) is 4.74 Å². The van der Waals surface area contributed by atoms with E-state index in [-0.39, 0.29) is 6.61 Å². The topological polar surface area (TPSA) is 110 Å². The van der Waals surface area contributed by atoms with Crippen molar-refractivity contribution in [3.63, 3.8) is 0 Å². The second kappa shape index (κ2) is 7.57. The first-order valence-electron chi connectivity index (χ1n) is 8.38. The van der Waals surface area contributed by atoms with Crippen molar-refractivity contribution in [3.8, 4) is 11.4 Å². The van der Waals surface area contributed by atoms with Crippen LogP contribution in [0, 0.1) is 6.92 Å². The lowest BCUT2D eigenvalue weighted by atomic mass is 10.2. The van der Waals surface area contributed by atoms with Gasteiger partial charge in [-0.15, -0.1) is 11.3 Å². The number of anilines is 1. The van der Waals surface area contributed by atoms with Gasteiger partial charge in [0.25, 0.3) is 5.91 Å². The molecule has 0 bridgehead atoms. The molecule has 1 aromatic carbocycles. The van der Waals surface area contributed by atoms with Gasteiger partial charge in [0.2, 0.25) is 0 Å². The van der Waals surface area contributed by atoms with Gasteiger partial charge in [-0.05, 0) is 37.3 Å². The molecule has 28 heavy (non-hydrogen) atoms. The zero-order valence-electron chi connectivity index (χ0n) is 14.8. The Kier molecular flexibility index (Phi) is 4.81. The highest BCUT2D eigenvalue weighted by Gasteiger charge is 2.13. The van der Waals surface area contributed by atoms with Crippen molar-refractivity contribution in [1.82, 2.24) is 19.9 Å². The van der Waals surface area contributed by atoms with Crippen LogP contribution in [-0.4, -0.2) is 38.4 Å². The van der Waals surface area contributed by atoms with Crippen LogP contribution in [-0.2, 0) is 9.53 Å². The molecule has 140 valence electrons. The minimum Gasteiger partial charge on any atom is -0.452 e. The number of benzene rings is 1. The number of pyridine rings is 1. The van der Waals surface area contributed by atoms with E-state index < -0.39 is 11.9 Å². The zero-order valence-corrected chi connectivity index (χ0v) is 15.6. The number of thiazole rings is 1.